The molecule has 2 heterocycles. The molecular formula is C17H22N4O. The van der Waals surface area contributed by atoms with Gasteiger partial charge in [-0.25, -0.2) is 4.98 Å². The molecule has 1 aromatic heterocycles. The molecule has 1 fully saturated rings. The molecule has 3 rings (SSSR count). The van der Waals surface area contributed by atoms with E-state index in [0.717, 1.165) is 44.2 Å². The van der Waals surface area contributed by atoms with E-state index in [1.807, 2.05) is 12.3 Å². The first-order chi connectivity index (χ1) is 10.8. The molecule has 1 aliphatic rings. The van der Waals surface area contributed by atoms with Gasteiger partial charge in [0.05, 0.1) is 13.2 Å². The molecule has 116 valence electrons. The minimum absolute atomic E-state index is 0.646. The number of nitrogens with one attached hydrogen (secondary N) is 1. The van der Waals surface area contributed by atoms with Crippen molar-refractivity contribution in [2.75, 3.05) is 36.5 Å². The van der Waals surface area contributed by atoms with Crippen LogP contribution in [0.15, 0.2) is 30.5 Å². The Hall–Kier alpha value is -2.14. The van der Waals surface area contributed by atoms with Gasteiger partial charge < -0.3 is 15.0 Å². The third kappa shape index (κ3) is 3.20. The fourth-order valence-electron chi connectivity index (χ4n) is 2.69. The van der Waals surface area contributed by atoms with Gasteiger partial charge in [0.1, 0.15) is 5.82 Å². The lowest BCUT2D eigenvalue weighted by atomic mass is 10.1. The summed E-state index contributed by atoms with van der Waals surface area (Å²) in [6.07, 6.45) is 2.79. The van der Waals surface area contributed by atoms with Crippen LogP contribution < -0.4 is 10.2 Å². The molecule has 0 saturated carbocycles. The molecule has 1 saturated heterocycles. The lowest BCUT2D eigenvalue weighted by Crippen LogP contribution is -2.36. The maximum absolute atomic E-state index is 5.39. The normalized spacial score (nSPS) is 14.9. The van der Waals surface area contributed by atoms with E-state index >= 15 is 0 Å². The zero-order valence-corrected chi connectivity index (χ0v) is 13.2. The van der Waals surface area contributed by atoms with Crippen molar-refractivity contribution >= 4 is 17.5 Å². The van der Waals surface area contributed by atoms with Crippen LogP contribution in [0, 0.1) is 6.92 Å². The van der Waals surface area contributed by atoms with E-state index < -0.39 is 0 Å². The highest BCUT2D eigenvalue weighted by Crippen LogP contribution is 2.24. The average molecular weight is 298 g/mol. The number of nitrogens with zero attached hydrogens (tertiary/aromatic N) is 3. The summed E-state index contributed by atoms with van der Waals surface area (Å²) in [6.45, 7) is 7.52. The summed E-state index contributed by atoms with van der Waals surface area (Å²) in [5.74, 6) is 1.60. The fourth-order valence-corrected chi connectivity index (χ4v) is 2.69. The molecule has 1 N–H and O–H groups in total. The number of rotatable bonds is 4. The minimum Gasteiger partial charge on any atom is -0.378 e. The summed E-state index contributed by atoms with van der Waals surface area (Å²) < 4.78 is 5.39. The van der Waals surface area contributed by atoms with Gasteiger partial charge in [0.15, 0.2) is 0 Å². The fraction of sp³-hybridized carbons (Fsp3) is 0.412. The van der Waals surface area contributed by atoms with Crippen LogP contribution in [-0.4, -0.2) is 36.3 Å². The molecule has 5 nitrogen and oxygen atoms in total. The number of anilines is 3. The molecule has 1 aromatic carbocycles. The Labute approximate surface area is 131 Å². The van der Waals surface area contributed by atoms with Gasteiger partial charge in [-0.15, -0.1) is 0 Å². The van der Waals surface area contributed by atoms with Crippen LogP contribution in [-0.2, 0) is 11.2 Å². The van der Waals surface area contributed by atoms with Crippen molar-refractivity contribution < 1.29 is 4.74 Å². The lowest BCUT2D eigenvalue weighted by molar-refractivity contribution is 0.122. The van der Waals surface area contributed by atoms with E-state index in [0.29, 0.717) is 5.95 Å². The number of hydrogen-bond donors (Lipinski definition) is 1. The number of aromatic nitrogens is 2. The highest BCUT2D eigenvalue weighted by atomic mass is 16.5. The van der Waals surface area contributed by atoms with Crippen molar-refractivity contribution in [2.45, 2.75) is 20.3 Å². The number of para-hydroxylation sites is 1. The van der Waals surface area contributed by atoms with Crippen molar-refractivity contribution in [3.05, 3.63) is 41.6 Å². The zero-order chi connectivity index (χ0) is 15.4. The van der Waals surface area contributed by atoms with Crippen LogP contribution in [0.5, 0.6) is 0 Å². The van der Waals surface area contributed by atoms with Gasteiger partial charge >= 0.3 is 0 Å². The predicted molar refractivity (Wildman–Crippen MR) is 88.9 cm³/mol. The number of morpholine rings is 1. The van der Waals surface area contributed by atoms with Gasteiger partial charge in [0, 0.05) is 25.0 Å². The molecule has 0 atom stereocenters. The van der Waals surface area contributed by atoms with Crippen LogP contribution in [0.4, 0.5) is 17.5 Å². The molecular weight excluding hydrogens is 276 g/mol. The maximum atomic E-state index is 5.39. The van der Waals surface area contributed by atoms with E-state index in [2.05, 4.69) is 52.2 Å². The van der Waals surface area contributed by atoms with Gasteiger partial charge in [-0.1, -0.05) is 25.1 Å². The van der Waals surface area contributed by atoms with Gasteiger partial charge in [-0.3, -0.25) is 0 Å². The Bertz CT molecular complexity index is 638. The predicted octanol–water partition coefficient (Wildman–Crippen LogP) is 2.93. The summed E-state index contributed by atoms with van der Waals surface area (Å²) in [6, 6.07) is 8.29. The summed E-state index contributed by atoms with van der Waals surface area (Å²) in [4.78, 5) is 11.3. The van der Waals surface area contributed by atoms with Crippen molar-refractivity contribution in [1.29, 1.82) is 0 Å². The van der Waals surface area contributed by atoms with E-state index in [1.54, 1.807) is 0 Å². The topological polar surface area (TPSA) is 50.3 Å². The third-order valence-corrected chi connectivity index (χ3v) is 3.95. The van der Waals surface area contributed by atoms with Gasteiger partial charge in [0.25, 0.3) is 0 Å². The molecule has 0 aliphatic carbocycles. The lowest BCUT2D eigenvalue weighted by Gasteiger charge is -2.27. The Kier molecular flexibility index (Phi) is 4.53. The van der Waals surface area contributed by atoms with Gasteiger partial charge in [-0.2, -0.15) is 4.98 Å². The van der Waals surface area contributed by atoms with E-state index in [1.165, 1.54) is 11.1 Å². The Morgan fingerprint density at radius 2 is 2.05 bits per heavy atom. The molecule has 22 heavy (non-hydrogen) atoms. The highest BCUT2D eigenvalue weighted by molar-refractivity contribution is 5.63. The van der Waals surface area contributed by atoms with Crippen molar-refractivity contribution in [3.63, 3.8) is 0 Å². The second kappa shape index (κ2) is 6.75. The molecule has 0 radical (unpaired) electrons. The number of ether oxygens (including phenoxy) is 1. The van der Waals surface area contributed by atoms with Crippen LogP contribution in [0.2, 0.25) is 0 Å². The minimum atomic E-state index is 0.646. The summed E-state index contributed by atoms with van der Waals surface area (Å²) in [5, 5.41) is 3.39. The summed E-state index contributed by atoms with van der Waals surface area (Å²) in [7, 11) is 0. The first kappa shape index (κ1) is 14.8. The van der Waals surface area contributed by atoms with Crippen molar-refractivity contribution in [3.8, 4) is 0 Å². The summed E-state index contributed by atoms with van der Waals surface area (Å²) in [5.41, 5.74) is 3.60. The quantitative estimate of drug-likeness (QED) is 0.940. The molecule has 0 spiro atoms. The standard InChI is InChI=1S/C17H22N4O/c1-3-14-6-4-5-13(2)16(14)20-17-18-8-7-15(19-17)21-9-11-22-12-10-21/h4-8H,3,9-12H2,1-2H3,(H,18,19,20). The molecule has 2 aromatic rings. The monoisotopic (exact) mass is 298 g/mol. The summed E-state index contributed by atoms with van der Waals surface area (Å²) >= 11 is 0. The van der Waals surface area contributed by atoms with Crippen molar-refractivity contribution in [1.82, 2.24) is 9.97 Å². The number of hydrogen-bond acceptors (Lipinski definition) is 5. The molecule has 5 heteroatoms. The van der Waals surface area contributed by atoms with Crippen LogP contribution >= 0.6 is 0 Å². The molecule has 0 unspecified atom stereocenters. The van der Waals surface area contributed by atoms with Crippen molar-refractivity contribution in [2.24, 2.45) is 0 Å². The second-order valence-electron chi connectivity index (χ2n) is 5.43. The smallest absolute Gasteiger partial charge is 0.229 e. The second-order valence-corrected chi connectivity index (χ2v) is 5.43. The number of aryl methyl sites for hydroxylation is 2. The SMILES string of the molecule is CCc1cccc(C)c1Nc1nccc(N2CCOCC2)n1. The first-order valence-corrected chi connectivity index (χ1v) is 7.79. The average Bonchev–Trinajstić information content (AvgIpc) is 2.58. The maximum Gasteiger partial charge on any atom is 0.229 e. The van der Waals surface area contributed by atoms with E-state index in [-0.39, 0.29) is 0 Å². The van der Waals surface area contributed by atoms with Gasteiger partial charge in [0.2, 0.25) is 5.95 Å². The highest BCUT2D eigenvalue weighted by Gasteiger charge is 2.13. The zero-order valence-electron chi connectivity index (χ0n) is 13.2. The van der Waals surface area contributed by atoms with Gasteiger partial charge in [-0.05, 0) is 30.5 Å². The Morgan fingerprint density at radius 3 is 2.82 bits per heavy atom. The largest absolute Gasteiger partial charge is 0.378 e. The molecule has 0 bridgehead atoms. The van der Waals surface area contributed by atoms with Crippen LogP contribution in [0.25, 0.3) is 0 Å². The van der Waals surface area contributed by atoms with Crippen LogP contribution in [0.1, 0.15) is 18.1 Å². The number of benzene rings is 1. The molecule has 1 aliphatic heterocycles. The Balaban J connectivity index is 1.84. The van der Waals surface area contributed by atoms with E-state index in [9.17, 15) is 0 Å². The Morgan fingerprint density at radius 1 is 1.23 bits per heavy atom. The third-order valence-electron chi connectivity index (χ3n) is 3.95. The van der Waals surface area contributed by atoms with Crippen LogP contribution in [0.3, 0.4) is 0 Å². The van der Waals surface area contributed by atoms with E-state index in [4.69, 9.17) is 4.74 Å². The first-order valence-electron chi connectivity index (χ1n) is 7.79. The molecule has 0 amide bonds.